The lowest BCUT2D eigenvalue weighted by atomic mass is 10.1. The molecular formula is C12H13ClN2O2. The maximum atomic E-state index is 10.8. The van der Waals surface area contributed by atoms with E-state index in [1.165, 1.54) is 6.92 Å². The van der Waals surface area contributed by atoms with E-state index in [9.17, 15) is 9.90 Å². The van der Waals surface area contributed by atoms with Crippen LogP contribution in [-0.4, -0.2) is 22.5 Å². The predicted molar refractivity (Wildman–Crippen MR) is 67.4 cm³/mol. The molecule has 0 unspecified atom stereocenters. The maximum Gasteiger partial charge on any atom is 0.216 e. The fourth-order valence-corrected chi connectivity index (χ4v) is 2.11. The van der Waals surface area contributed by atoms with E-state index in [0.29, 0.717) is 18.1 Å². The summed E-state index contributed by atoms with van der Waals surface area (Å²) in [5.74, 6) is 0.137. The Kier molecular flexibility index (Phi) is 3.24. The number of nitrogens with one attached hydrogen (secondary N) is 2. The summed E-state index contributed by atoms with van der Waals surface area (Å²) < 4.78 is 0. The van der Waals surface area contributed by atoms with Gasteiger partial charge in [-0.2, -0.15) is 0 Å². The summed E-state index contributed by atoms with van der Waals surface area (Å²) >= 11 is 6.09. The number of carbonyl (C=O) groups excluding carboxylic acids is 1. The van der Waals surface area contributed by atoms with Crippen LogP contribution in [0.25, 0.3) is 10.9 Å². The number of aromatic hydroxyl groups is 1. The average Bonchev–Trinajstić information content (AvgIpc) is 2.55. The Morgan fingerprint density at radius 3 is 3.00 bits per heavy atom. The number of carbonyl (C=O) groups is 1. The van der Waals surface area contributed by atoms with Crippen molar-refractivity contribution in [1.82, 2.24) is 10.3 Å². The van der Waals surface area contributed by atoms with Crippen LogP contribution in [0, 0.1) is 0 Å². The average molecular weight is 253 g/mol. The van der Waals surface area contributed by atoms with Crippen LogP contribution in [0.3, 0.4) is 0 Å². The van der Waals surface area contributed by atoms with Gasteiger partial charge in [0.15, 0.2) is 0 Å². The van der Waals surface area contributed by atoms with Crippen LogP contribution in [-0.2, 0) is 11.2 Å². The summed E-state index contributed by atoms with van der Waals surface area (Å²) in [7, 11) is 0. The molecule has 90 valence electrons. The summed E-state index contributed by atoms with van der Waals surface area (Å²) in [4.78, 5) is 13.8. The number of hydrogen-bond acceptors (Lipinski definition) is 2. The quantitative estimate of drug-likeness (QED) is 0.784. The molecule has 17 heavy (non-hydrogen) atoms. The Balaban J connectivity index is 2.28. The van der Waals surface area contributed by atoms with Gasteiger partial charge in [-0.05, 0) is 30.2 Å². The van der Waals surface area contributed by atoms with Gasteiger partial charge >= 0.3 is 0 Å². The zero-order valence-corrected chi connectivity index (χ0v) is 10.1. The molecule has 0 aliphatic heterocycles. The van der Waals surface area contributed by atoms with Crippen molar-refractivity contribution in [2.45, 2.75) is 13.3 Å². The van der Waals surface area contributed by atoms with E-state index in [1.54, 1.807) is 18.2 Å². The third-order valence-electron chi connectivity index (χ3n) is 2.59. The summed E-state index contributed by atoms with van der Waals surface area (Å²) in [6.07, 6.45) is 0.627. The van der Waals surface area contributed by atoms with Gasteiger partial charge in [0.05, 0.1) is 0 Å². The molecule has 0 bridgehead atoms. The van der Waals surface area contributed by atoms with Gasteiger partial charge in [0.25, 0.3) is 0 Å². The van der Waals surface area contributed by atoms with E-state index < -0.39 is 0 Å². The Labute approximate surface area is 104 Å². The number of amides is 1. The Hall–Kier alpha value is -1.68. The van der Waals surface area contributed by atoms with Crippen molar-refractivity contribution >= 4 is 28.4 Å². The number of phenols is 1. The molecule has 0 aliphatic rings. The van der Waals surface area contributed by atoms with Crippen LogP contribution in [0.15, 0.2) is 18.2 Å². The van der Waals surface area contributed by atoms with Crippen molar-refractivity contribution in [2.24, 2.45) is 0 Å². The molecule has 5 heteroatoms. The summed E-state index contributed by atoms with van der Waals surface area (Å²) in [5, 5.41) is 13.6. The largest absolute Gasteiger partial charge is 0.508 e. The van der Waals surface area contributed by atoms with Gasteiger partial charge in [0.1, 0.15) is 10.9 Å². The van der Waals surface area contributed by atoms with Gasteiger partial charge in [-0.15, -0.1) is 0 Å². The number of benzene rings is 1. The highest BCUT2D eigenvalue weighted by molar-refractivity contribution is 6.31. The first-order valence-electron chi connectivity index (χ1n) is 5.31. The first-order valence-corrected chi connectivity index (χ1v) is 5.69. The highest BCUT2D eigenvalue weighted by atomic mass is 35.5. The highest BCUT2D eigenvalue weighted by Gasteiger charge is 2.10. The fourth-order valence-electron chi connectivity index (χ4n) is 1.81. The lowest BCUT2D eigenvalue weighted by Gasteiger charge is -2.02. The molecule has 0 saturated carbocycles. The minimum absolute atomic E-state index is 0.0659. The fraction of sp³-hybridized carbons (Fsp3) is 0.250. The minimum atomic E-state index is -0.0659. The number of aromatic amines is 1. The molecule has 4 nitrogen and oxygen atoms in total. The van der Waals surface area contributed by atoms with Gasteiger partial charge in [-0.25, -0.2) is 0 Å². The molecule has 0 aliphatic carbocycles. The van der Waals surface area contributed by atoms with Gasteiger partial charge < -0.3 is 15.4 Å². The second-order valence-corrected chi connectivity index (χ2v) is 4.26. The molecule has 0 spiro atoms. The molecule has 2 aromatic rings. The molecule has 2 rings (SSSR count). The molecular weight excluding hydrogens is 240 g/mol. The van der Waals surface area contributed by atoms with Crippen LogP contribution >= 0.6 is 11.6 Å². The summed E-state index contributed by atoms with van der Waals surface area (Å²) in [6, 6.07) is 5.05. The monoisotopic (exact) mass is 252 g/mol. The van der Waals surface area contributed by atoms with Crippen molar-refractivity contribution in [2.75, 3.05) is 6.54 Å². The Morgan fingerprint density at radius 2 is 2.29 bits per heavy atom. The minimum Gasteiger partial charge on any atom is -0.508 e. The molecule has 0 atom stereocenters. The normalized spacial score (nSPS) is 10.7. The van der Waals surface area contributed by atoms with Crippen molar-refractivity contribution in [3.05, 3.63) is 28.9 Å². The number of halogens is 1. The molecule has 1 aromatic carbocycles. The molecule has 0 fully saturated rings. The zero-order chi connectivity index (χ0) is 12.4. The number of fused-ring (bicyclic) bond motifs is 1. The van der Waals surface area contributed by atoms with Crippen LogP contribution in [0.2, 0.25) is 5.15 Å². The summed E-state index contributed by atoms with van der Waals surface area (Å²) in [5.41, 5.74) is 1.79. The molecule has 0 saturated heterocycles. The van der Waals surface area contributed by atoms with Gasteiger partial charge in [0, 0.05) is 24.4 Å². The topological polar surface area (TPSA) is 65.1 Å². The number of rotatable bonds is 3. The van der Waals surface area contributed by atoms with Crippen LogP contribution in [0.5, 0.6) is 5.75 Å². The smallest absolute Gasteiger partial charge is 0.216 e. The second-order valence-electron chi connectivity index (χ2n) is 3.88. The molecule has 0 radical (unpaired) electrons. The third-order valence-corrected chi connectivity index (χ3v) is 2.91. The van der Waals surface area contributed by atoms with E-state index in [0.717, 1.165) is 16.5 Å². The lowest BCUT2D eigenvalue weighted by molar-refractivity contribution is -0.118. The molecule has 1 amide bonds. The number of aromatic nitrogens is 1. The number of H-pyrrole nitrogens is 1. The number of hydrogen-bond donors (Lipinski definition) is 3. The second kappa shape index (κ2) is 4.67. The van der Waals surface area contributed by atoms with Gasteiger partial charge in [0.2, 0.25) is 5.91 Å². The first-order chi connectivity index (χ1) is 8.08. The highest BCUT2D eigenvalue weighted by Crippen LogP contribution is 2.29. The Morgan fingerprint density at radius 1 is 1.53 bits per heavy atom. The van der Waals surface area contributed by atoms with E-state index >= 15 is 0 Å². The molecule has 3 N–H and O–H groups in total. The van der Waals surface area contributed by atoms with Crippen LogP contribution in [0.1, 0.15) is 12.5 Å². The van der Waals surface area contributed by atoms with Gasteiger partial charge in [-0.1, -0.05) is 11.6 Å². The van der Waals surface area contributed by atoms with E-state index in [4.69, 9.17) is 11.6 Å². The van der Waals surface area contributed by atoms with E-state index in [2.05, 4.69) is 10.3 Å². The summed E-state index contributed by atoms with van der Waals surface area (Å²) in [6.45, 7) is 2.00. The molecule has 1 aromatic heterocycles. The maximum absolute atomic E-state index is 10.8. The van der Waals surface area contributed by atoms with Crippen molar-refractivity contribution in [3.63, 3.8) is 0 Å². The first kappa shape index (κ1) is 11.8. The standard InChI is InChI=1S/C12H13ClN2O2/c1-7(16)14-5-4-9-10-6-8(17)2-3-11(10)15-12(9)13/h2-3,6,15,17H,4-5H2,1H3,(H,14,16). The van der Waals surface area contributed by atoms with E-state index in [-0.39, 0.29) is 11.7 Å². The SMILES string of the molecule is CC(=O)NCCc1c(Cl)[nH]c2ccc(O)cc12. The third kappa shape index (κ3) is 2.53. The van der Waals surface area contributed by atoms with E-state index in [1.807, 2.05) is 0 Å². The predicted octanol–water partition coefficient (Wildman–Crippen LogP) is 2.21. The Bertz CT molecular complexity index is 563. The van der Waals surface area contributed by atoms with Crippen molar-refractivity contribution in [1.29, 1.82) is 0 Å². The van der Waals surface area contributed by atoms with Crippen LogP contribution in [0.4, 0.5) is 0 Å². The van der Waals surface area contributed by atoms with Gasteiger partial charge in [-0.3, -0.25) is 4.79 Å². The van der Waals surface area contributed by atoms with Crippen LogP contribution < -0.4 is 5.32 Å². The lowest BCUT2D eigenvalue weighted by Crippen LogP contribution is -2.22. The number of phenolic OH excluding ortho intramolecular Hbond substituents is 1. The van der Waals surface area contributed by atoms with Crippen molar-refractivity contribution in [3.8, 4) is 5.75 Å². The van der Waals surface area contributed by atoms with Crippen molar-refractivity contribution < 1.29 is 9.90 Å². The zero-order valence-electron chi connectivity index (χ0n) is 9.38. The molecule has 1 heterocycles.